The highest BCUT2D eigenvalue weighted by atomic mass is 35.5. The Morgan fingerprint density at radius 3 is 2.21 bits per heavy atom. The third-order valence-corrected chi connectivity index (χ3v) is 2.26. The van der Waals surface area contributed by atoms with E-state index in [0.29, 0.717) is 12.1 Å². The summed E-state index contributed by atoms with van der Waals surface area (Å²) >= 11 is 5.59. The van der Waals surface area contributed by atoms with Crippen LogP contribution in [0.5, 0.6) is 0 Å². The van der Waals surface area contributed by atoms with Crippen molar-refractivity contribution in [3.05, 3.63) is 16.4 Å². The molecule has 1 aromatic rings. The van der Waals surface area contributed by atoms with E-state index in [1.807, 2.05) is 0 Å². The molecule has 80 valence electrons. The molecule has 0 aliphatic rings. The Morgan fingerprint density at radius 1 is 1.36 bits per heavy atom. The van der Waals surface area contributed by atoms with Crippen LogP contribution < -0.4 is 0 Å². The van der Waals surface area contributed by atoms with Crippen LogP contribution in [-0.2, 0) is 19.1 Å². The molecule has 0 bridgehead atoms. The maximum absolute atomic E-state index is 12.5. The van der Waals surface area contributed by atoms with Gasteiger partial charge in [-0.05, 0) is 13.3 Å². The van der Waals surface area contributed by atoms with Crippen LogP contribution in [0.4, 0.5) is 13.2 Å². The summed E-state index contributed by atoms with van der Waals surface area (Å²) in [6, 6.07) is 0. The zero-order chi connectivity index (χ0) is 10.9. The van der Waals surface area contributed by atoms with Gasteiger partial charge in [-0.2, -0.15) is 18.3 Å². The molecule has 6 heteroatoms. The van der Waals surface area contributed by atoms with Gasteiger partial charge in [-0.3, -0.25) is 4.68 Å². The van der Waals surface area contributed by atoms with Gasteiger partial charge in [-0.25, -0.2) is 0 Å². The fourth-order valence-electron chi connectivity index (χ4n) is 1.22. The molecule has 1 heterocycles. The molecule has 1 rings (SSSR count). The van der Waals surface area contributed by atoms with Gasteiger partial charge in [-0.15, -0.1) is 0 Å². The maximum atomic E-state index is 12.5. The average molecular weight is 227 g/mol. The van der Waals surface area contributed by atoms with E-state index in [1.165, 1.54) is 0 Å². The number of nitrogens with zero attached hydrogens (tertiary/aromatic N) is 2. The van der Waals surface area contributed by atoms with Crippen LogP contribution in [0.3, 0.4) is 0 Å². The first-order chi connectivity index (χ1) is 6.41. The summed E-state index contributed by atoms with van der Waals surface area (Å²) < 4.78 is 38.4. The summed E-state index contributed by atoms with van der Waals surface area (Å²) in [5.74, 6) is 0. The van der Waals surface area contributed by atoms with Crippen LogP contribution >= 0.6 is 11.6 Å². The van der Waals surface area contributed by atoms with Crippen LogP contribution in [0, 0.1) is 0 Å². The van der Waals surface area contributed by atoms with Crippen molar-refractivity contribution in [2.45, 2.75) is 33.0 Å². The van der Waals surface area contributed by atoms with Crippen LogP contribution in [0.15, 0.2) is 0 Å². The Balaban J connectivity index is 3.32. The molecule has 2 nitrogen and oxygen atoms in total. The topological polar surface area (TPSA) is 17.8 Å². The number of halogens is 4. The van der Waals surface area contributed by atoms with E-state index >= 15 is 0 Å². The van der Waals surface area contributed by atoms with Crippen molar-refractivity contribution in [3.63, 3.8) is 0 Å². The van der Waals surface area contributed by atoms with Crippen molar-refractivity contribution in [3.8, 4) is 0 Å². The first-order valence-electron chi connectivity index (χ1n) is 4.24. The molecule has 0 fully saturated rings. The summed E-state index contributed by atoms with van der Waals surface area (Å²) in [6.45, 7) is 3.47. The Kier molecular flexibility index (Phi) is 3.09. The molecule has 0 saturated carbocycles. The van der Waals surface area contributed by atoms with Crippen LogP contribution in [0.1, 0.15) is 25.2 Å². The van der Waals surface area contributed by atoms with Crippen molar-refractivity contribution in [2.24, 2.45) is 0 Å². The molecule has 0 atom stereocenters. The molecule has 1 aromatic heterocycles. The van der Waals surface area contributed by atoms with Gasteiger partial charge < -0.3 is 0 Å². The summed E-state index contributed by atoms with van der Waals surface area (Å²) in [7, 11) is 0. The number of alkyl halides is 3. The molecule has 0 spiro atoms. The van der Waals surface area contributed by atoms with E-state index in [2.05, 4.69) is 5.10 Å². The molecule has 0 amide bonds. The lowest BCUT2D eigenvalue weighted by Crippen LogP contribution is -2.14. The van der Waals surface area contributed by atoms with Gasteiger partial charge in [-0.1, -0.05) is 18.5 Å². The zero-order valence-electron chi connectivity index (χ0n) is 7.82. The first-order valence-corrected chi connectivity index (χ1v) is 4.62. The molecule has 0 unspecified atom stereocenters. The molecular formula is C8H10ClF3N2. The lowest BCUT2D eigenvalue weighted by Gasteiger charge is -2.08. The fraction of sp³-hybridized carbons (Fsp3) is 0.625. The van der Waals surface area contributed by atoms with E-state index in [-0.39, 0.29) is 11.6 Å². The highest BCUT2D eigenvalue weighted by Crippen LogP contribution is 2.36. The maximum Gasteiger partial charge on any atom is 0.434 e. The Labute approximate surface area is 84.7 Å². The van der Waals surface area contributed by atoms with Gasteiger partial charge in [0.15, 0.2) is 5.69 Å². The third kappa shape index (κ3) is 1.87. The normalized spacial score (nSPS) is 12.1. The minimum atomic E-state index is -4.44. The van der Waals surface area contributed by atoms with Gasteiger partial charge in [0.05, 0.1) is 10.7 Å². The number of hydrogen-bond acceptors (Lipinski definition) is 1. The lowest BCUT2D eigenvalue weighted by atomic mass is 10.3. The third-order valence-electron chi connectivity index (χ3n) is 1.86. The van der Waals surface area contributed by atoms with Crippen molar-refractivity contribution < 1.29 is 13.2 Å². The van der Waals surface area contributed by atoms with Gasteiger partial charge in [0, 0.05) is 6.54 Å². The molecule has 0 N–H and O–H groups in total. The predicted molar refractivity (Wildman–Crippen MR) is 47.3 cm³/mol. The van der Waals surface area contributed by atoms with E-state index < -0.39 is 11.9 Å². The highest BCUT2D eigenvalue weighted by molar-refractivity contribution is 6.32. The van der Waals surface area contributed by atoms with E-state index in [4.69, 9.17) is 11.6 Å². The Bertz CT molecular complexity index is 330. The largest absolute Gasteiger partial charge is 0.434 e. The highest BCUT2D eigenvalue weighted by Gasteiger charge is 2.38. The molecule has 14 heavy (non-hydrogen) atoms. The lowest BCUT2D eigenvalue weighted by molar-refractivity contribution is -0.144. The standard InChI is InChI=1S/C8H10ClF3N2/c1-3-5-6(9)7(8(10,11)12)14(4-2)13-5/h3-4H2,1-2H3. The van der Waals surface area contributed by atoms with E-state index in [9.17, 15) is 13.2 Å². The predicted octanol–water partition coefficient (Wildman–Crippen LogP) is 3.14. The second-order valence-electron chi connectivity index (χ2n) is 2.78. The van der Waals surface area contributed by atoms with E-state index in [1.54, 1.807) is 13.8 Å². The van der Waals surface area contributed by atoms with Gasteiger partial charge in [0.25, 0.3) is 0 Å². The van der Waals surface area contributed by atoms with Crippen molar-refractivity contribution >= 4 is 11.6 Å². The smallest absolute Gasteiger partial charge is 0.259 e. The minimum absolute atomic E-state index is 0.161. The molecular weight excluding hydrogens is 217 g/mol. The van der Waals surface area contributed by atoms with E-state index in [0.717, 1.165) is 4.68 Å². The summed E-state index contributed by atoms with van der Waals surface area (Å²) in [6.07, 6.45) is -4.04. The zero-order valence-corrected chi connectivity index (χ0v) is 8.58. The second-order valence-corrected chi connectivity index (χ2v) is 3.15. The van der Waals surface area contributed by atoms with Crippen molar-refractivity contribution in [1.29, 1.82) is 0 Å². The molecule has 0 radical (unpaired) electrons. The van der Waals surface area contributed by atoms with Crippen molar-refractivity contribution in [1.82, 2.24) is 9.78 Å². The fourth-order valence-corrected chi connectivity index (χ4v) is 1.59. The quantitative estimate of drug-likeness (QED) is 0.758. The van der Waals surface area contributed by atoms with Crippen molar-refractivity contribution in [2.75, 3.05) is 0 Å². The minimum Gasteiger partial charge on any atom is -0.259 e. The van der Waals surface area contributed by atoms with Crippen LogP contribution in [0.2, 0.25) is 5.02 Å². The van der Waals surface area contributed by atoms with Crippen LogP contribution in [-0.4, -0.2) is 9.78 Å². The second kappa shape index (κ2) is 3.81. The number of aryl methyl sites for hydroxylation is 2. The Morgan fingerprint density at radius 2 is 1.93 bits per heavy atom. The average Bonchev–Trinajstić information content (AvgIpc) is 2.40. The van der Waals surface area contributed by atoms with Crippen LogP contribution in [0.25, 0.3) is 0 Å². The number of hydrogen-bond donors (Lipinski definition) is 0. The molecule has 0 saturated heterocycles. The summed E-state index contributed by atoms with van der Waals surface area (Å²) in [5.41, 5.74) is -0.556. The van der Waals surface area contributed by atoms with Gasteiger partial charge in [0.1, 0.15) is 0 Å². The first kappa shape index (κ1) is 11.4. The monoisotopic (exact) mass is 226 g/mol. The summed E-state index contributed by atoms with van der Waals surface area (Å²) in [5, 5.41) is 3.50. The SMILES string of the molecule is CCc1nn(CC)c(C(F)(F)F)c1Cl. The molecule has 0 aromatic carbocycles. The Hall–Kier alpha value is -0.710. The van der Waals surface area contributed by atoms with Gasteiger partial charge >= 0.3 is 6.18 Å². The van der Waals surface area contributed by atoms with Gasteiger partial charge in [0.2, 0.25) is 0 Å². The number of aromatic nitrogens is 2. The summed E-state index contributed by atoms with van der Waals surface area (Å²) in [4.78, 5) is 0. The molecule has 0 aliphatic carbocycles. The number of rotatable bonds is 2. The molecule has 0 aliphatic heterocycles.